The molecule has 0 bridgehead atoms. The third-order valence-electron chi connectivity index (χ3n) is 3.50. The normalized spacial score (nSPS) is 15.3. The van der Waals surface area contributed by atoms with Crippen molar-refractivity contribution < 1.29 is 0 Å². The van der Waals surface area contributed by atoms with Crippen LogP contribution in [0.15, 0.2) is 11.4 Å². The lowest BCUT2D eigenvalue weighted by molar-refractivity contribution is 0.289. The maximum absolute atomic E-state index is 5.73. The average molecular weight is 277 g/mol. The van der Waals surface area contributed by atoms with Crippen molar-refractivity contribution in [1.82, 2.24) is 14.9 Å². The second kappa shape index (κ2) is 5.30. The van der Waals surface area contributed by atoms with E-state index in [0.717, 1.165) is 41.7 Å². The molecule has 0 aromatic carbocycles. The predicted octanol–water partition coefficient (Wildman–Crippen LogP) is 2.17. The van der Waals surface area contributed by atoms with Crippen molar-refractivity contribution in [1.29, 1.82) is 0 Å². The summed E-state index contributed by atoms with van der Waals surface area (Å²) in [5.74, 6) is 1.20. The molecule has 0 radical (unpaired) electrons. The van der Waals surface area contributed by atoms with Crippen molar-refractivity contribution in [2.45, 2.75) is 25.8 Å². The molecule has 0 aliphatic heterocycles. The third kappa shape index (κ3) is 2.79. The molecule has 6 heteroatoms. The van der Waals surface area contributed by atoms with Crippen LogP contribution >= 0.6 is 11.3 Å². The molecule has 2 aromatic heterocycles. The Morgan fingerprint density at radius 1 is 1.47 bits per heavy atom. The Morgan fingerprint density at radius 3 is 3.05 bits per heavy atom. The van der Waals surface area contributed by atoms with E-state index in [0.29, 0.717) is 5.95 Å². The molecule has 3 rings (SSSR count). The predicted molar refractivity (Wildman–Crippen MR) is 80.6 cm³/mol. The van der Waals surface area contributed by atoms with Crippen LogP contribution in [0.4, 0.5) is 11.8 Å². The zero-order chi connectivity index (χ0) is 13.2. The maximum atomic E-state index is 5.73. The Bertz CT molecular complexity index is 563. The Balaban J connectivity index is 1.66. The van der Waals surface area contributed by atoms with Crippen LogP contribution in [0.2, 0.25) is 0 Å². The molecule has 2 heterocycles. The van der Waals surface area contributed by atoms with Crippen LogP contribution in [0.25, 0.3) is 10.2 Å². The van der Waals surface area contributed by atoms with Gasteiger partial charge >= 0.3 is 0 Å². The minimum atomic E-state index is 0.340. The van der Waals surface area contributed by atoms with Gasteiger partial charge in [-0.15, -0.1) is 11.3 Å². The molecule has 19 heavy (non-hydrogen) atoms. The molecule has 5 nitrogen and oxygen atoms in total. The highest BCUT2D eigenvalue weighted by molar-refractivity contribution is 7.16. The highest BCUT2D eigenvalue weighted by Gasteiger charge is 2.27. The molecule has 102 valence electrons. The number of rotatable bonds is 6. The van der Waals surface area contributed by atoms with Gasteiger partial charge in [-0.2, -0.15) is 4.98 Å². The number of likely N-dealkylation sites (N-methyl/N-ethyl adjacent to an activating group) is 1. The molecule has 2 aromatic rings. The lowest BCUT2D eigenvalue weighted by Gasteiger charge is -2.20. The van der Waals surface area contributed by atoms with Crippen molar-refractivity contribution in [2.75, 3.05) is 30.7 Å². The van der Waals surface area contributed by atoms with E-state index >= 15 is 0 Å². The molecule has 1 aliphatic carbocycles. The number of nitrogens with two attached hydrogens (primary N) is 1. The van der Waals surface area contributed by atoms with E-state index in [1.54, 1.807) is 11.3 Å². The van der Waals surface area contributed by atoms with E-state index in [1.165, 1.54) is 12.8 Å². The fraction of sp³-hybridized carbons (Fsp3) is 0.538. The molecular weight excluding hydrogens is 258 g/mol. The summed E-state index contributed by atoms with van der Waals surface area (Å²) in [5.41, 5.74) is 5.73. The van der Waals surface area contributed by atoms with E-state index in [1.807, 2.05) is 11.4 Å². The molecule has 1 fully saturated rings. The fourth-order valence-corrected chi connectivity index (χ4v) is 3.13. The van der Waals surface area contributed by atoms with Crippen LogP contribution in [0, 0.1) is 0 Å². The molecule has 0 spiro atoms. The first-order valence-electron chi connectivity index (χ1n) is 6.76. The van der Waals surface area contributed by atoms with Crippen LogP contribution in [-0.4, -0.2) is 40.5 Å². The first-order chi connectivity index (χ1) is 9.28. The summed E-state index contributed by atoms with van der Waals surface area (Å²) >= 11 is 1.59. The minimum Gasteiger partial charge on any atom is -0.368 e. The largest absolute Gasteiger partial charge is 0.368 e. The lowest BCUT2D eigenvalue weighted by Crippen LogP contribution is -2.31. The number of hydrogen-bond acceptors (Lipinski definition) is 6. The first kappa shape index (κ1) is 12.6. The van der Waals surface area contributed by atoms with Gasteiger partial charge in [0, 0.05) is 19.1 Å². The van der Waals surface area contributed by atoms with Gasteiger partial charge in [-0.3, -0.25) is 4.90 Å². The molecular formula is C13H19N5S. The van der Waals surface area contributed by atoms with E-state index in [-0.39, 0.29) is 0 Å². The van der Waals surface area contributed by atoms with Crippen LogP contribution in [-0.2, 0) is 0 Å². The number of hydrogen-bond donors (Lipinski definition) is 2. The summed E-state index contributed by atoms with van der Waals surface area (Å²) < 4.78 is 0. The van der Waals surface area contributed by atoms with Gasteiger partial charge in [-0.1, -0.05) is 6.92 Å². The van der Waals surface area contributed by atoms with Gasteiger partial charge in [0.15, 0.2) is 0 Å². The van der Waals surface area contributed by atoms with Gasteiger partial charge in [0.2, 0.25) is 5.95 Å². The number of nitrogen functional groups attached to an aromatic ring is 1. The van der Waals surface area contributed by atoms with Gasteiger partial charge in [0.25, 0.3) is 0 Å². The zero-order valence-corrected chi connectivity index (χ0v) is 11.9. The highest BCUT2D eigenvalue weighted by atomic mass is 32.1. The smallest absolute Gasteiger partial charge is 0.223 e. The standard InChI is InChI=1S/C13H19N5S/c1-2-18(9-3-4-9)7-6-15-11-10-5-8-19-12(10)17-13(14)16-11/h5,8-9H,2-4,6-7H2,1H3,(H3,14,15,16,17). The van der Waals surface area contributed by atoms with Crippen molar-refractivity contribution in [2.24, 2.45) is 0 Å². The highest BCUT2D eigenvalue weighted by Crippen LogP contribution is 2.27. The first-order valence-corrected chi connectivity index (χ1v) is 7.64. The van der Waals surface area contributed by atoms with Crippen LogP contribution in [0.3, 0.4) is 0 Å². The van der Waals surface area contributed by atoms with Gasteiger partial charge in [0.1, 0.15) is 10.6 Å². The number of aromatic nitrogens is 2. The van der Waals surface area contributed by atoms with Gasteiger partial charge in [-0.25, -0.2) is 4.98 Å². The fourth-order valence-electron chi connectivity index (χ4n) is 2.36. The van der Waals surface area contributed by atoms with Gasteiger partial charge in [-0.05, 0) is 30.8 Å². The summed E-state index contributed by atoms with van der Waals surface area (Å²) in [6.07, 6.45) is 2.70. The minimum absolute atomic E-state index is 0.340. The average Bonchev–Trinajstić information content (AvgIpc) is 3.12. The number of nitrogens with zero attached hydrogens (tertiary/aromatic N) is 3. The topological polar surface area (TPSA) is 67.1 Å². The number of fused-ring (bicyclic) bond motifs is 1. The molecule has 0 atom stereocenters. The van der Waals surface area contributed by atoms with Gasteiger partial charge < -0.3 is 11.1 Å². The van der Waals surface area contributed by atoms with Crippen molar-refractivity contribution in [3.05, 3.63) is 11.4 Å². The molecule has 0 saturated heterocycles. The Morgan fingerprint density at radius 2 is 2.32 bits per heavy atom. The summed E-state index contributed by atoms with van der Waals surface area (Å²) in [6.45, 7) is 5.28. The second-order valence-electron chi connectivity index (χ2n) is 4.86. The summed E-state index contributed by atoms with van der Waals surface area (Å²) in [6, 6.07) is 2.85. The zero-order valence-electron chi connectivity index (χ0n) is 11.1. The molecule has 1 saturated carbocycles. The second-order valence-corrected chi connectivity index (χ2v) is 5.75. The SMILES string of the molecule is CCN(CCNc1nc(N)nc2sccc12)C1CC1. The molecule has 0 amide bonds. The molecule has 1 aliphatic rings. The maximum Gasteiger partial charge on any atom is 0.223 e. The lowest BCUT2D eigenvalue weighted by atomic mass is 10.3. The van der Waals surface area contributed by atoms with Crippen molar-refractivity contribution >= 4 is 33.3 Å². The van der Waals surface area contributed by atoms with E-state index < -0.39 is 0 Å². The van der Waals surface area contributed by atoms with E-state index in [9.17, 15) is 0 Å². The monoisotopic (exact) mass is 277 g/mol. The van der Waals surface area contributed by atoms with Crippen LogP contribution < -0.4 is 11.1 Å². The molecule has 0 unspecified atom stereocenters. The van der Waals surface area contributed by atoms with Crippen LogP contribution in [0.1, 0.15) is 19.8 Å². The van der Waals surface area contributed by atoms with Crippen molar-refractivity contribution in [3.63, 3.8) is 0 Å². The van der Waals surface area contributed by atoms with E-state index in [2.05, 4.69) is 27.1 Å². The summed E-state index contributed by atoms with van der Waals surface area (Å²) in [7, 11) is 0. The summed E-state index contributed by atoms with van der Waals surface area (Å²) in [5, 5.41) is 6.48. The van der Waals surface area contributed by atoms with Crippen LogP contribution in [0.5, 0.6) is 0 Å². The van der Waals surface area contributed by atoms with Gasteiger partial charge in [0.05, 0.1) is 5.39 Å². The quantitative estimate of drug-likeness (QED) is 0.847. The third-order valence-corrected chi connectivity index (χ3v) is 4.31. The Hall–Kier alpha value is -1.40. The van der Waals surface area contributed by atoms with Crippen molar-refractivity contribution in [3.8, 4) is 0 Å². The number of nitrogens with one attached hydrogen (secondary N) is 1. The Kier molecular flexibility index (Phi) is 3.52. The Labute approximate surface area is 116 Å². The summed E-state index contributed by atoms with van der Waals surface area (Å²) in [4.78, 5) is 12.0. The number of anilines is 2. The van der Waals surface area contributed by atoms with E-state index in [4.69, 9.17) is 5.73 Å². The molecule has 3 N–H and O–H groups in total. The number of thiophene rings is 1.